The van der Waals surface area contributed by atoms with Crippen molar-refractivity contribution in [2.75, 3.05) is 41.7 Å². The molecule has 1 saturated heterocycles. The number of esters is 1. The number of benzene rings is 2. The fourth-order valence-electron chi connectivity index (χ4n) is 5.05. The molecule has 7 heteroatoms. The maximum atomic E-state index is 12.9. The summed E-state index contributed by atoms with van der Waals surface area (Å²) in [5.41, 5.74) is 4.07. The van der Waals surface area contributed by atoms with Crippen molar-refractivity contribution < 1.29 is 33.2 Å². The second-order valence-corrected chi connectivity index (χ2v) is 8.82. The normalized spacial score (nSPS) is 20.5. The standard InChI is InChI=1S/C27H32O7/c1-15(2)9-10-33-19-8-7-16(12-20(19)29-3)22-23-17(11-18-14-34-27(28)24(18)22)13-21(30-4)25(31-5)26(23)32-6/h7-9,12-13,18,22,24H,10-11,14H2,1-6H3/t18-,22-,24-/m0/s1. The first-order valence-electron chi connectivity index (χ1n) is 11.4. The van der Waals surface area contributed by atoms with Crippen LogP contribution in [0.5, 0.6) is 28.7 Å². The van der Waals surface area contributed by atoms with E-state index >= 15 is 0 Å². The van der Waals surface area contributed by atoms with Gasteiger partial charge in [0.15, 0.2) is 23.0 Å². The Morgan fingerprint density at radius 3 is 2.35 bits per heavy atom. The minimum atomic E-state index is -0.332. The molecule has 0 radical (unpaired) electrons. The highest BCUT2D eigenvalue weighted by Gasteiger charge is 2.49. The first kappa shape index (κ1) is 23.8. The summed E-state index contributed by atoms with van der Waals surface area (Å²) in [6, 6.07) is 7.80. The molecule has 2 aliphatic rings. The summed E-state index contributed by atoms with van der Waals surface area (Å²) in [7, 11) is 6.41. The third kappa shape index (κ3) is 4.15. The lowest BCUT2D eigenvalue weighted by atomic mass is 9.67. The van der Waals surface area contributed by atoms with Crippen molar-refractivity contribution in [3.63, 3.8) is 0 Å². The van der Waals surface area contributed by atoms with Gasteiger partial charge in [-0.1, -0.05) is 11.6 Å². The van der Waals surface area contributed by atoms with Crippen molar-refractivity contribution in [1.29, 1.82) is 0 Å². The van der Waals surface area contributed by atoms with E-state index in [0.29, 0.717) is 48.4 Å². The van der Waals surface area contributed by atoms with Gasteiger partial charge < -0.3 is 28.4 Å². The quantitative estimate of drug-likeness (QED) is 0.416. The number of carbonyl (C=O) groups excluding carboxylic acids is 1. The van der Waals surface area contributed by atoms with E-state index in [2.05, 4.69) is 0 Å². The van der Waals surface area contributed by atoms with Crippen LogP contribution in [0.2, 0.25) is 0 Å². The monoisotopic (exact) mass is 468 g/mol. The summed E-state index contributed by atoms with van der Waals surface area (Å²) in [5.74, 6) is 2.17. The molecule has 4 rings (SSSR count). The van der Waals surface area contributed by atoms with Crippen LogP contribution in [0.3, 0.4) is 0 Å². The van der Waals surface area contributed by atoms with E-state index in [0.717, 1.165) is 16.7 Å². The third-order valence-corrected chi connectivity index (χ3v) is 6.60. The SMILES string of the molecule is COc1cc([C@H]2c3c(cc(OC)c(OC)c3OC)C[C@H]3COC(=O)[C@@H]32)ccc1OCC=C(C)C. The van der Waals surface area contributed by atoms with Gasteiger partial charge in [0.1, 0.15) is 6.61 Å². The molecule has 3 atom stereocenters. The van der Waals surface area contributed by atoms with E-state index < -0.39 is 0 Å². The molecule has 34 heavy (non-hydrogen) atoms. The number of carbonyl (C=O) groups is 1. The van der Waals surface area contributed by atoms with Gasteiger partial charge in [0, 0.05) is 17.4 Å². The van der Waals surface area contributed by atoms with Crippen LogP contribution in [0.4, 0.5) is 0 Å². The minimum Gasteiger partial charge on any atom is -0.493 e. The second kappa shape index (κ2) is 9.87. The van der Waals surface area contributed by atoms with E-state index in [9.17, 15) is 4.79 Å². The van der Waals surface area contributed by atoms with Gasteiger partial charge in [0.05, 0.1) is 41.0 Å². The summed E-state index contributed by atoms with van der Waals surface area (Å²) in [6.45, 7) is 4.90. The lowest BCUT2D eigenvalue weighted by Crippen LogP contribution is -2.32. The van der Waals surface area contributed by atoms with Gasteiger partial charge in [0.25, 0.3) is 0 Å². The van der Waals surface area contributed by atoms with Gasteiger partial charge in [0.2, 0.25) is 5.75 Å². The van der Waals surface area contributed by atoms with E-state index in [1.165, 1.54) is 5.57 Å². The van der Waals surface area contributed by atoms with Crippen LogP contribution in [0.1, 0.15) is 36.5 Å². The van der Waals surface area contributed by atoms with Crippen molar-refractivity contribution in [2.45, 2.75) is 26.2 Å². The molecule has 2 aromatic carbocycles. The number of rotatable bonds is 8. The zero-order chi connectivity index (χ0) is 24.4. The largest absolute Gasteiger partial charge is 0.493 e. The molecule has 0 spiro atoms. The fraction of sp³-hybridized carbons (Fsp3) is 0.444. The molecular formula is C27H32O7. The Labute approximate surface area is 200 Å². The molecule has 0 aromatic heterocycles. The molecule has 182 valence electrons. The molecule has 1 aliphatic carbocycles. The average Bonchev–Trinajstić information content (AvgIpc) is 3.21. The first-order valence-corrected chi connectivity index (χ1v) is 11.4. The Balaban J connectivity index is 1.86. The number of cyclic esters (lactones) is 1. The number of allylic oxidation sites excluding steroid dienone is 1. The summed E-state index contributed by atoms with van der Waals surface area (Å²) in [5, 5.41) is 0. The summed E-state index contributed by atoms with van der Waals surface area (Å²) in [4.78, 5) is 12.9. The Hall–Kier alpha value is -3.35. The number of ether oxygens (including phenoxy) is 6. The highest BCUT2D eigenvalue weighted by Crippen LogP contribution is 2.55. The van der Waals surface area contributed by atoms with Crippen LogP contribution in [-0.2, 0) is 16.0 Å². The summed E-state index contributed by atoms with van der Waals surface area (Å²) < 4.78 is 34.2. The Morgan fingerprint density at radius 1 is 0.971 bits per heavy atom. The smallest absolute Gasteiger partial charge is 0.310 e. The zero-order valence-electron chi connectivity index (χ0n) is 20.6. The number of hydrogen-bond donors (Lipinski definition) is 0. The molecule has 0 amide bonds. The van der Waals surface area contributed by atoms with E-state index in [1.807, 2.05) is 44.2 Å². The third-order valence-electron chi connectivity index (χ3n) is 6.60. The zero-order valence-corrected chi connectivity index (χ0v) is 20.6. The molecule has 0 saturated carbocycles. The maximum absolute atomic E-state index is 12.9. The molecular weight excluding hydrogens is 436 g/mol. The van der Waals surface area contributed by atoms with Crippen LogP contribution >= 0.6 is 0 Å². The molecule has 2 aromatic rings. The van der Waals surface area contributed by atoms with Gasteiger partial charge in [-0.15, -0.1) is 0 Å². The van der Waals surface area contributed by atoms with Crippen molar-refractivity contribution in [2.24, 2.45) is 11.8 Å². The van der Waals surface area contributed by atoms with Crippen LogP contribution in [-0.4, -0.2) is 47.6 Å². The van der Waals surface area contributed by atoms with Crippen LogP contribution < -0.4 is 23.7 Å². The van der Waals surface area contributed by atoms with Crippen molar-refractivity contribution in [3.8, 4) is 28.7 Å². The Bertz CT molecular complexity index is 1100. The van der Waals surface area contributed by atoms with Gasteiger partial charge in [-0.05, 0) is 55.7 Å². The molecule has 1 aliphatic heterocycles. The first-order chi connectivity index (χ1) is 16.4. The lowest BCUT2D eigenvalue weighted by molar-refractivity contribution is -0.141. The molecule has 1 heterocycles. The van der Waals surface area contributed by atoms with Crippen LogP contribution in [0.25, 0.3) is 0 Å². The number of hydrogen-bond acceptors (Lipinski definition) is 7. The van der Waals surface area contributed by atoms with E-state index in [4.69, 9.17) is 28.4 Å². The average molecular weight is 469 g/mol. The topological polar surface area (TPSA) is 72.5 Å². The summed E-state index contributed by atoms with van der Waals surface area (Å²) >= 11 is 0. The fourth-order valence-corrected chi connectivity index (χ4v) is 5.05. The number of fused-ring (bicyclic) bond motifs is 2. The van der Waals surface area contributed by atoms with Crippen molar-refractivity contribution in [3.05, 3.63) is 52.6 Å². The number of methoxy groups -OCH3 is 4. The predicted octanol–water partition coefficient (Wildman–Crippen LogP) is 4.54. The van der Waals surface area contributed by atoms with Gasteiger partial charge in [-0.25, -0.2) is 0 Å². The van der Waals surface area contributed by atoms with E-state index in [-0.39, 0.29) is 23.7 Å². The Kier molecular flexibility index (Phi) is 6.91. The molecule has 7 nitrogen and oxygen atoms in total. The van der Waals surface area contributed by atoms with Gasteiger partial charge in [-0.2, -0.15) is 0 Å². The van der Waals surface area contributed by atoms with Gasteiger partial charge >= 0.3 is 5.97 Å². The molecule has 0 bridgehead atoms. The summed E-state index contributed by atoms with van der Waals surface area (Å²) in [6.07, 6.45) is 2.70. The maximum Gasteiger partial charge on any atom is 0.310 e. The molecule has 0 unspecified atom stereocenters. The molecule has 0 N–H and O–H groups in total. The highest BCUT2D eigenvalue weighted by atomic mass is 16.5. The Morgan fingerprint density at radius 2 is 1.71 bits per heavy atom. The molecule has 1 fully saturated rings. The van der Waals surface area contributed by atoms with Crippen molar-refractivity contribution >= 4 is 5.97 Å². The predicted molar refractivity (Wildman–Crippen MR) is 128 cm³/mol. The van der Waals surface area contributed by atoms with Crippen molar-refractivity contribution in [1.82, 2.24) is 0 Å². The highest BCUT2D eigenvalue weighted by molar-refractivity contribution is 5.79. The van der Waals surface area contributed by atoms with Crippen LogP contribution in [0.15, 0.2) is 35.9 Å². The van der Waals surface area contributed by atoms with Gasteiger partial charge in [-0.3, -0.25) is 4.79 Å². The minimum absolute atomic E-state index is 0.0624. The van der Waals surface area contributed by atoms with E-state index in [1.54, 1.807) is 28.4 Å². The lowest BCUT2D eigenvalue weighted by Gasteiger charge is -2.35. The second-order valence-electron chi connectivity index (χ2n) is 8.82. The van der Waals surface area contributed by atoms with Crippen LogP contribution in [0, 0.1) is 11.8 Å².